The van der Waals surface area contributed by atoms with Crippen LogP contribution >= 0.6 is 0 Å². The number of ether oxygens (including phenoxy) is 1. The largest absolute Gasteiger partial charge is 0.379 e. The third-order valence-corrected chi connectivity index (χ3v) is 3.63. The Morgan fingerprint density at radius 2 is 2.29 bits per heavy atom. The molecule has 3 unspecified atom stereocenters. The van der Waals surface area contributed by atoms with E-state index in [0.717, 1.165) is 25.9 Å². The summed E-state index contributed by atoms with van der Waals surface area (Å²) in [4.78, 5) is 14.2. The number of nitrogens with zero attached hydrogens (tertiary/aromatic N) is 1. The highest BCUT2D eigenvalue weighted by Crippen LogP contribution is 2.24. The molecule has 1 amide bonds. The van der Waals surface area contributed by atoms with Crippen molar-refractivity contribution in [2.75, 3.05) is 13.2 Å². The summed E-state index contributed by atoms with van der Waals surface area (Å²) in [5, 5.41) is 3.40. The minimum absolute atomic E-state index is 0.0410. The first-order valence-corrected chi connectivity index (χ1v) is 6.75. The summed E-state index contributed by atoms with van der Waals surface area (Å²) in [6, 6.07) is 0.234. The minimum atomic E-state index is -0.0410. The molecule has 0 aromatic rings. The first-order chi connectivity index (χ1) is 8.09. The summed E-state index contributed by atoms with van der Waals surface area (Å²) in [6.07, 6.45) is 3.36. The fraction of sp³-hybridized carbons (Fsp3) is 0.923. The lowest BCUT2D eigenvalue weighted by Crippen LogP contribution is -2.48. The molecule has 0 bridgehead atoms. The van der Waals surface area contributed by atoms with Gasteiger partial charge in [0.1, 0.15) is 0 Å². The zero-order valence-corrected chi connectivity index (χ0v) is 11.1. The third-order valence-electron chi connectivity index (χ3n) is 3.63. The Morgan fingerprint density at radius 1 is 1.53 bits per heavy atom. The van der Waals surface area contributed by atoms with Crippen LogP contribution in [0.5, 0.6) is 0 Å². The van der Waals surface area contributed by atoms with Crippen molar-refractivity contribution in [2.45, 2.75) is 58.3 Å². The van der Waals surface area contributed by atoms with Crippen LogP contribution in [0.2, 0.25) is 0 Å². The second-order valence-corrected chi connectivity index (χ2v) is 5.65. The standard InChI is InChI=1S/C13H24N2O2/c1-9(2)7-12-14-10(3)13(16)15(12)11-5-4-6-17-8-11/h9-12,14H,4-8H2,1-3H3. The average Bonchev–Trinajstić information content (AvgIpc) is 2.55. The maximum Gasteiger partial charge on any atom is 0.241 e. The van der Waals surface area contributed by atoms with Gasteiger partial charge in [0.25, 0.3) is 0 Å². The Hall–Kier alpha value is -0.610. The van der Waals surface area contributed by atoms with Gasteiger partial charge in [0.15, 0.2) is 0 Å². The molecule has 2 aliphatic rings. The van der Waals surface area contributed by atoms with Crippen molar-refractivity contribution in [1.29, 1.82) is 0 Å². The van der Waals surface area contributed by atoms with Gasteiger partial charge in [-0.3, -0.25) is 10.1 Å². The van der Waals surface area contributed by atoms with E-state index in [1.165, 1.54) is 0 Å². The van der Waals surface area contributed by atoms with Gasteiger partial charge in [-0.15, -0.1) is 0 Å². The fourth-order valence-electron chi connectivity index (χ4n) is 2.82. The van der Waals surface area contributed by atoms with Crippen LogP contribution in [-0.2, 0) is 9.53 Å². The predicted molar refractivity (Wildman–Crippen MR) is 66.5 cm³/mol. The van der Waals surface area contributed by atoms with Gasteiger partial charge in [0.05, 0.1) is 24.9 Å². The second-order valence-electron chi connectivity index (χ2n) is 5.65. The van der Waals surface area contributed by atoms with Crippen LogP contribution in [0.25, 0.3) is 0 Å². The maximum absolute atomic E-state index is 12.2. The van der Waals surface area contributed by atoms with E-state index < -0.39 is 0 Å². The van der Waals surface area contributed by atoms with E-state index in [9.17, 15) is 4.79 Å². The minimum Gasteiger partial charge on any atom is -0.379 e. The fourth-order valence-corrected chi connectivity index (χ4v) is 2.82. The number of nitrogens with one attached hydrogen (secondary N) is 1. The van der Waals surface area contributed by atoms with Crippen molar-refractivity contribution in [1.82, 2.24) is 10.2 Å². The summed E-state index contributed by atoms with van der Waals surface area (Å²) in [6.45, 7) is 7.90. The number of amides is 1. The number of carbonyl (C=O) groups excluding carboxylic acids is 1. The quantitative estimate of drug-likeness (QED) is 0.810. The topological polar surface area (TPSA) is 41.6 Å². The summed E-state index contributed by atoms with van der Waals surface area (Å²) >= 11 is 0. The molecule has 2 rings (SSSR count). The molecule has 0 saturated carbocycles. The molecule has 0 aromatic carbocycles. The first-order valence-electron chi connectivity index (χ1n) is 6.75. The lowest BCUT2D eigenvalue weighted by atomic mass is 10.0. The van der Waals surface area contributed by atoms with Crippen LogP contribution < -0.4 is 5.32 Å². The van der Waals surface area contributed by atoms with Crippen LogP contribution in [0.3, 0.4) is 0 Å². The van der Waals surface area contributed by atoms with E-state index in [4.69, 9.17) is 4.74 Å². The molecule has 4 nitrogen and oxygen atoms in total. The Labute approximate surface area is 104 Å². The lowest BCUT2D eigenvalue weighted by Gasteiger charge is -2.35. The second kappa shape index (κ2) is 5.36. The molecule has 0 radical (unpaired) electrons. The maximum atomic E-state index is 12.2. The van der Waals surface area contributed by atoms with Crippen LogP contribution in [0, 0.1) is 5.92 Å². The highest BCUT2D eigenvalue weighted by Gasteiger charge is 2.40. The SMILES string of the molecule is CC(C)CC1NC(C)C(=O)N1C1CCCOC1. The molecule has 98 valence electrons. The molecule has 3 atom stereocenters. The van der Waals surface area contributed by atoms with Crippen molar-refractivity contribution in [2.24, 2.45) is 5.92 Å². The average molecular weight is 240 g/mol. The zero-order chi connectivity index (χ0) is 12.4. The lowest BCUT2D eigenvalue weighted by molar-refractivity contribution is -0.135. The number of rotatable bonds is 3. The van der Waals surface area contributed by atoms with E-state index >= 15 is 0 Å². The van der Waals surface area contributed by atoms with Gasteiger partial charge >= 0.3 is 0 Å². The molecule has 0 spiro atoms. The van der Waals surface area contributed by atoms with Gasteiger partial charge in [-0.1, -0.05) is 13.8 Å². The van der Waals surface area contributed by atoms with Gasteiger partial charge in [0, 0.05) is 6.61 Å². The summed E-state index contributed by atoms with van der Waals surface area (Å²) in [7, 11) is 0. The van der Waals surface area contributed by atoms with E-state index in [0.29, 0.717) is 12.5 Å². The summed E-state index contributed by atoms with van der Waals surface area (Å²) < 4.78 is 5.51. The van der Waals surface area contributed by atoms with Crippen molar-refractivity contribution in [3.63, 3.8) is 0 Å². The number of carbonyl (C=O) groups is 1. The van der Waals surface area contributed by atoms with Gasteiger partial charge in [0.2, 0.25) is 5.91 Å². The van der Waals surface area contributed by atoms with Crippen molar-refractivity contribution in [3.8, 4) is 0 Å². The van der Waals surface area contributed by atoms with Gasteiger partial charge in [-0.05, 0) is 32.1 Å². The van der Waals surface area contributed by atoms with Crippen molar-refractivity contribution >= 4 is 5.91 Å². The van der Waals surface area contributed by atoms with E-state index in [2.05, 4.69) is 19.2 Å². The number of hydrogen-bond acceptors (Lipinski definition) is 3. The monoisotopic (exact) mass is 240 g/mol. The summed E-state index contributed by atoms with van der Waals surface area (Å²) in [5.74, 6) is 0.837. The first kappa shape index (κ1) is 12.8. The van der Waals surface area contributed by atoms with E-state index in [1.54, 1.807) is 0 Å². The smallest absolute Gasteiger partial charge is 0.241 e. The molecule has 2 aliphatic heterocycles. The molecule has 2 saturated heterocycles. The Morgan fingerprint density at radius 3 is 2.88 bits per heavy atom. The molecule has 0 aromatic heterocycles. The van der Waals surface area contributed by atoms with Crippen LogP contribution in [0.4, 0.5) is 0 Å². The normalized spacial score (nSPS) is 34.7. The molecular formula is C13H24N2O2. The zero-order valence-electron chi connectivity index (χ0n) is 11.1. The Bertz CT molecular complexity index is 275. The van der Waals surface area contributed by atoms with Crippen LogP contribution in [0.15, 0.2) is 0 Å². The highest BCUT2D eigenvalue weighted by molar-refractivity contribution is 5.84. The Kier molecular flexibility index (Phi) is 4.05. The van der Waals surface area contributed by atoms with Crippen molar-refractivity contribution < 1.29 is 9.53 Å². The molecule has 2 heterocycles. The van der Waals surface area contributed by atoms with Crippen molar-refractivity contribution in [3.05, 3.63) is 0 Å². The third kappa shape index (κ3) is 2.80. The predicted octanol–water partition coefficient (Wildman–Crippen LogP) is 1.36. The van der Waals surface area contributed by atoms with Gasteiger partial charge in [-0.25, -0.2) is 0 Å². The molecule has 2 fully saturated rings. The van der Waals surface area contributed by atoms with E-state index in [-0.39, 0.29) is 24.2 Å². The van der Waals surface area contributed by atoms with Gasteiger partial charge in [-0.2, -0.15) is 0 Å². The molecule has 0 aliphatic carbocycles. The molecular weight excluding hydrogens is 216 g/mol. The van der Waals surface area contributed by atoms with Crippen LogP contribution in [0.1, 0.15) is 40.0 Å². The van der Waals surface area contributed by atoms with Gasteiger partial charge < -0.3 is 9.64 Å². The van der Waals surface area contributed by atoms with Crippen LogP contribution in [-0.4, -0.2) is 42.3 Å². The van der Waals surface area contributed by atoms with E-state index in [1.807, 2.05) is 11.8 Å². The Balaban J connectivity index is 2.06. The molecule has 4 heteroatoms. The molecule has 1 N–H and O–H groups in total. The number of hydrogen-bond donors (Lipinski definition) is 1. The molecule has 17 heavy (non-hydrogen) atoms. The summed E-state index contributed by atoms with van der Waals surface area (Å²) in [5.41, 5.74) is 0. The highest BCUT2D eigenvalue weighted by atomic mass is 16.5.